The molecule has 0 amide bonds. The summed E-state index contributed by atoms with van der Waals surface area (Å²) >= 11 is 0. The van der Waals surface area contributed by atoms with Crippen molar-refractivity contribution < 1.29 is 29.7 Å². The first-order valence-corrected chi connectivity index (χ1v) is 4.10. The van der Waals surface area contributed by atoms with E-state index >= 15 is 0 Å². The summed E-state index contributed by atoms with van der Waals surface area (Å²) in [5.74, 6) is -3.09. The molecule has 0 bridgehead atoms. The van der Waals surface area contributed by atoms with Gasteiger partial charge < -0.3 is 15.3 Å². The van der Waals surface area contributed by atoms with Crippen molar-refractivity contribution >= 4 is 17.9 Å². The van der Waals surface area contributed by atoms with E-state index in [2.05, 4.69) is 0 Å². The molecule has 0 aliphatic heterocycles. The maximum Gasteiger partial charge on any atom is 0.335 e. The van der Waals surface area contributed by atoms with Crippen LogP contribution in [0.3, 0.4) is 0 Å². The summed E-state index contributed by atoms with van der Waals surface area (Å²) in [7, 11) is 0. The van der Waals surface area contributed by atoms with E-state index in [1.807, 2.05) is 0 Å². The van der Waals surface area contributed by atoms with Crippen molar-refractivity contribution in [3.8, 4) is 0 Å². The van der Waals surface area contributed by atoms with Crippen LogP contribution in [-0.2, 0) is 4.79 Å². The molecule has 0 heterocycles. The van der Waals surface area contributed by atoms with Crippen LogP contribution in [0.4, 0.5) is 0 Å². The van der Waals surface area contributed by atoms with E-state index in [0.717, 1.165) is 13.0 Å². The molecule has 6 nitrogen and oxygen atoms in total. The fraction of sp³-hybridized carbons (Fsp3) is 0.100. The van der Waals surface area contributed by atoms with Crippen LogP contribution in [-0.4, -0.2) is 33.2 Å². The Morgan fingerprint density at radius 1 is 0.938 bits per heavy atom. The molecule has 0 spiro atoms. The van der Waals surface area contributed by atoms with Gasteiger partial charge in [-0.1, -0.05) is 6.07 Å². The minimum atomic E-state index is -1.13. The summed E-state index contributed by atoms with van der Waals surface area (Å²) in [5, 5.41) is 24.4. The second kappa shape index (κ2) is 6.18. The quantitative estimate of drug-likeness (QED) is 0.697. The largest absolute Gasteiger partial charge is 0.481 e. The predicted molar refractivity (Wildman–Crippen MR) is 53.7 cm³/mol. The summed E-state index contributed by atoms with van der Waals surface area (Å²) in [6, 6.07) is 5.20. The van der Waals surface area contributed by atoms with Crippen molar-refractivity contribution in [3.63, 3.8) is 0 Å². The Morgan fingerprint density at radius 2 is 1.25 bits per heavy atom. The lowest BCUT2D eigenvalue weighted by Gasteiger charge is -1.95. The summed E-state index contributed by atoms with van der Waals surface area (Å²) in [6.45, 7) is 1.08. The second-order valence-corrected chi connectivity index (χ2v) is 2.71. The van der Waals surface area contributed by atoms with E-state index in [4.69, 9.17) is 20.1 Å². The SMILES string of the molecule is CC(=O)O.O=C(O)c1cccc(C(=O)O)c1. The lowest BCUT2D eigenvalue weighted by atomic mass is 10.1. The van der Waals surface area contributed by atoms with Gasteiger partial charge in [-0.3, -0.25) is 4.79 Å². The number of benzene rings is 1. The second-order valence-electron chi connectivity index (χ2n) is 2.71. The Kier molecular flexibility index (Phi) is 5.26. The third-order valence-electron chi connectivity index (χ3n) is 1.36. The normalized spacial score (nSPS) is 8.56. The van der Waals surface area contributed by atoms with Gasteiger partial charge in [-0.15, -0.1) is 0 Å². The van der Waals surface area contributed by atoms with Gasteiger partial charge in [-0.05, 0) is 18.2 Å². The summed E-state index contributed by atoms with van der Waals surface area (Å²) in [4.78, 5) is 29.8. The molecule has 16 heavy (non-hydrogen) atoms. The minimum absolute atomic E-state index is 0.0186. The van der Waals surface area contributed by atoms with Crippen LogP contribution in [0.25, 0.3) is 0 Å². The smallest absolute Gasteiger partial charge is 0.335 e. The van der Waals surface area contributed by atoms with Gasteiger partial charge in [0.05, 0.1) is 11.1 Å². The number of carboxylic acid groups (broad SMARTS) is 3. The van der Waals surface area contributed by atoms with Gasteiger partial charge in [0, 0.05) is 6.92 Å². The van der Waals surface area contributed by atoms with E-state index in [1.54, 1.807) is 0 Å². The zero-order valence-electron chi connectivity index (χ0n) is 8.38. The van der Waals surface area contributed by atoms with E-state index in [9.17, 15) is 9.59 Å². The number of rotatable bonds is 2. The Bertz CT molecular complexity index is 376. The Labute approximate surface area is 90.8 Å². The first kappa shape index (κ1) is 13.6. The molecule has 0 radical (unpaired) electrons. The molecule has 0 aromatic heterocycles. The van der Waals surface area contributed by atoms with Crippen LogP contribution in [0.2, 0.25) is 0 Å². The highest BCUT2D eigenvalue weighted by Crippen LogP contribution is 2.04. The molecule has 6 heteroatoms. The first-order valence-electron chi connectivity index (χ1n) is 4.10. The van der Waals surface area contributed by atoms with Gasteiger partial charge in [0.15, 0.2) is 0 Å². The average molecular weight is 226 g/mol. The fourth-order valence-electron chi connectivity index (χ4n) is 0.785. The molecule has 0 unspecified atom stereocenters. The fourth-order valence-corrected chi connectivity index (χ4v) is 0.785. The van der Waals surface area contributed by atoms with E-state index in [1.165, 1.54) is 18.2 Å². The van der Waals surface area contributed by atoms with Crippen LogP contribution >= 0.6 is 0 Å². The summed E-state index contributed by atoms with van der Waals surface area (Å²) in [5.41, 5.74) is -0.0372. The molecule has 1 aromatic carbocycles. The van der Waals surface area contributed by atoms with Gasteiger partial charge in [0.1, 0.15) is 0 Å². The zero-order chi connectivity index (χ0) is 12.7. The topological polar surface area (TPSA) is 112 Å². The number of hydrogen-bond donors (Lipinski definition) is 3. The summed E-state index contributed by atoms with van der Waals surface area (Å²) < 4.78 is 0. The van der Waals surface area contributed by atoms with Crippen molar-refractivity contribution in [2.45, 2.75) is 6.92 Å². The molecule has 3 N–H and O–H groups in total. The van der Waals surface area contributed by atoms with Crippen molar-refractivity contribution in [1.29, 1.82) is 0 Å². The summed E-state index contributed by atoms with van der Waals surface area (Å²) in [6.07, 6.45) is 0. The van der Waals surface area contributed by atoms with Crippen molar-refractivity contribution in [3.05, 3.63) is 35.4 Å². The van der Waals surface area contributed by atoms with E-state index < -0.39 is 17.9 Å². The van der Waals surface area contributed by atoms with Crippen molar-refractivity contribution in [2.24, 2.45) is 0 Å². The predicted octanol–water partition coefficient (Wildman–Crippen LogP) is 1.17. The molecule has 0 saturated carbocycles. The molecule has 0 aliphatic rings. The lowest BCUT2D eigenvalue weighted by molar-refractivity contribution is -0.134. The number of carboxylic acids is 3. The molecule has 1 aromatic rings. The number of aromatic carboxylic acids is 2. The molecule has 0 fully saturated rings. The van der Waals surface area contributed by atoms with Gasteiger partial charge in [0.25, 0.3) is 5.97 Å². The zero-order valence-corrected chi connectivity index (χ0v) is 8.38. The molecule has 86 valence electrons. The van der Waals surface area contributed by atoms with Crippen LogP contribution in [0.5, 0.6) is 0 Å². The molecular formula is C10H10O6. The minimum Gasteiger partial charge on any atom is -0.481 e. The van der Waals surface area contributed by atoms with Crippen molar-refractivity contribution in [2.75, 3.05) is 0 Å². The van der Waals surface area contributed by atoms with Gasteiger partial charge in [-0.25, -0.2) is 9.59 Å². The molecule has 0 atom stereocenters. The average Bonchev–Trinajstić information content (AvgIpc) is 2.17. The molecule has 0 saturated heterocycles. The maximum atomic E-state index is 10.4. The van der Waals surface area contributed by atoms with Gasteiger partial charge in [-0.2, -0.15) is 0 Å². The Balaban J connectivity index is 0.000000487. The molecule has 0 aliphatic carbocycles. The van der Waals surface area contributed by atoms with Gasteiger partial charge >= 0.3 is 11.9 Å². The van der Waals surface area contributed by atoms with Crippen LogP contribution < -0.4 is 0 Å². The number of aliphatic carboxylic acids is 1. The van der Waals surface area contributed by atoms with E-state index in [0.29, 0.717) is 0 Å². The van der Waals surface area contributed by atoms with Crippen molar-refractivity contribution in [1.82, 2.24) is 0 Å². The van der Waals surface area contributed by atoms with Crippen LogP contribution in [0.1, 0.15) is 27.6 Å². The number of carbonyl (C=O) groups is 3. The highest BCUT2D eigenvalue weighted by molar-refractivity contribution is 5.93. The standard InChI is InChI=1S/C8H6O4.C2H4O2/c9-7(10)5-2-1-3-6(4-5)8(11)12;1-2(3)4/h1-4H,(H,9,10)(H,11,12);1H3,(H,3,4). The van der Waals surface area contributed by atoms with Gasteiger partial charge in [0.2, 0.25) is 0 Å². The highest BCUT2D eigenvalue weighted by Gasteiger charge is 2.06. The third-order valence-corrected chi connectivity index (χ3v) is 1.36. The van der Waals surface area contributed by atoms with E-state index in [-0.39, 0.29) is 11.1 Å². The maximum absolute atomic E-state index is 10.4. The number of hydrogen-bond acceptors (Lipinski definition) is 3. The van der Waals surface area contributed by atoms with Crippen LogP contribution in [0, 0.1) is 0 Å². The monoisotopic (exact) mass is 226 g/mol. The molecule has 1 rings (SSSR count). The third kappa shape index (κ3) is 5.38. The highest BCUT2D eigenvalue weighted by atomic mass is 16.4. The Morgan fingerprint density at radius 3 is 1.50 bits per heavy atom. The first-order chi connectivity index (χ1) is 7.34. The Hall–Kier alpha value is -2.37. The molecular weight excluding hydrogens is 216 g/mol. The lowest BCUT2D eigenvalue weighted by Crippen LogP contribution is -2.01. The van der Waals surface area contributed by atoms with Crippen LogP contribution in [0.15, 0.2) is 24.3 Å².